The number of benzene rings is 2. The average Bonchev–Trinajstić information content (AvgIpc) is 2.93. The van der Waals surface area contributed by atoms with Crippen molar-refractivity contribution in [1.29, 1.82) is 0 Å². The normalized spacial score (nSPS) is 13.3. The third-order valence-electron chi connectivity index (χ3n) is 3.95. The lowest BCUT2D eigenvalue weighted by Gasteiger charge is -2.16. The standard InChI is InChI=1S/C17H16Cl3N3O2S/c1-3-23-16-14(20)8-12(19)9-15(16)21-17(23)10(2)22-26(24,25)13-6-4-11(18)5-7-13/h4-10,22H,3H2,1-2H3/t10-/m1/s1. The summed E-state index contributed by atoms with van der Waals surface area (Å²) in [5, 5.41) is 1.42. The number of imidazole rings is 1. The van der Waals surface area contributed by atoms with Gasteiger partial charge >= 0.3 is 0 Å². The Kier molecular flexibility index (Phi) is 5.51. The molecular formula is C17H16Cl3N3O2S. The molecule has 0 aliphatic carbocycles. The predicted molar refractivity (Wildman–Crippen MR) is 106 cm³/mol. The third-order valence-corrected chi connectivity index (χ3v) is 6.26. The van der Waals surface area contributed by atoms with Gasteiger partial charge in [-0.1, -0.05) is 34.8 Å². The van der Waals surface area contributed by atoms with Crippen molar-refractivity contribution in [3.05, 3.63) is 57.3 Å². The molecule has 26 heavy (non-hydrogen) atoms. The molecule has 0 saturated carbocycles. The van der Waals surface area contributed by atoms with Crippen molar-refractivity contribution in [3.63, 3.8) is 0 Å². The fourth-order valence-corrected chi connectivity index (χ4v) is 4.73. The smallest absolute Gasteiger partial charge is 0.241 e. The zero-order chi connectivity index (χ0) is 19.1. The summed E-state index contributed by atoms with van der Waals surface area (Å²) in [6.07, 6.45) is 0. The molecule has 0 spiro atoms. The Bertz CT molecular complexity index is 1060. The van der Waals surface area contributed by atoms with Crippen molar-refractivity contribution in [3.8, 4) is 0 Å². The Morgan fingerprint density at radius 1 is 1.12 bits per heavy atom. The molecule has 5 nitrogen and oxygen atoms in total. The van der Waals surface area contributed by atoms with Crippen LogP contribution < -0.4 is 4.72 Å². The molecule has 0 fully saturated rings. The Hall–Kier alpha value is -1.31. The highest BCUT2D eigenvalue weighted by Gasteiger charge is 2.23. The fraction of sp³-hybridized carbons (Fsp3) is 0.235. The van der Waals surface area contributed by atoms with Crippen molar-refractivity contribution >= 4 is 55.9 Å². The van der Waals surface area contributed by atoms with E-state index in [1.807, 2.05) is 11.5 Å². The molecule has 0 amide bonds. The van der Waals surface area contributed by atoms with Gasteiger partial charge in [0.15, 0.2) is 0 Å². The summed E-state index contributed by atoms with van der Waals surface area (Å²) in [6.45, 7) is 4.26. The Labute approximate surface area is 166 Å². The number of fused-ring (bicyclic) bond motifs is 1. The van der Waals surface area contributed by atoms with E-state index in [1.54, 1.807) is 19.1 Å². The fourth-order valence-electron chi connectivity index (χ4n) is 2.82. The summed E-state index contributed by atoms with van der Waals surface area (Å²) in [5.74, 6) is 0.559. The maximum atomic E-state index is 12.6. The molecule has 0 bridgehead atoms. The van der Waals surface area contributed by atoms with Crippen molar-refractivity contribution in [2.45, 2.75) is 31.3 Å². The number of hydrogen-bond acceptors (Lipinski definition) is 3. The lowest BCUT2D eigenvalue weighted by Crippen LogP contribution is -2.28. The van der Waals surface area contributed by atoms with Gasteiger partial charge in [0, 0.05) is 16.6 Å². The summed E-state index contributed by atoms with van der Waals surface area (Å²) < 4.78 is 29.8. The summed E-state index contributed by atoms with van der Waals surface area (Å²) in [6, 6.07) is 8.75. The summed E-state index contributed by atoms with van der Waals surface area (Å²) in [7, 11) is -3.73. The van der Waals surface area contributed by atoms with E-state index in [1.165, 1.54) is 24.3 Å². The maximum absolute atomic E-state index is 12.6. The summed E-state index contributed by atoms with van der Waals surface area (Å²) in [5.41, 5.74) is 1.35. The molecule has 0 saturated heterocycles. The largest absolute Gasteiger partial charge is 0.326 e. The number of nitrogens with one attached hydrogen (secondary N) is 1. The lowest BCUT2D eigenvalue weighted by atomic mass is 10.3. The molecule has 3 rings (SSSR count). The van der Waals surface area contributed by atoms with Gasteiger partial charge in [-0.05, 0) is 50.2 Å². The molecule has 9 heteroatoms. The van der Waals surface area contributed by atoms with Gasteiger partial charge < -0.3 is 4.57 Å². The van der Waals surface area contributed by atoms with Gasteiger partial charge in [0.05, 0.1) is 27.0 Å². The molecule has 2 aromatic carbocycles. The highest BCUT2D eigenvalue weighted by molar-refractivity contribution is 7.89. The SMILES string of the molecule is CCn1c([C@@H](C)NS(=O)(=O)c2ccc(Cl)cc2)nc2cc(Cl)cc(Cl)c21. The van der Waals surface area contributed by atoms with Gasteiger partial charge in [-0.25, -0.2) is 18.1 Å². The number of halogens is 3. The topological polar surface area (TPSA) is 64.0 Å². The number of aromatic nitrogens is 2. The van der Waals surface area contributed by atoms with E-state index >= 15 is 0 Å². The highest BCUT2D eigenvalue weighted by atomic mass is 35.5. The van der Waals surface area contributed by atoms with Crippen LogP contribution in [-0.2, 0) is 16.6 Å². The van der Waals surface area contributed by atoms with Gasteiger partial charge in [0.1, 0.15) is 5.82 Å². The predicted octanol–water partition coefficient (Wildman–Crippen LogP) is 5.06. The second-order valence-electron chi connectivity index (χ2n) is 5.77. The van der Waals surface area contributed by atoms with Crippen molar-refractivity contribution < 1.29 is 8.42 Å². The van der Waals surface area contributed by atoms with E-state index in [-0.39, 0.29) is 4.90 Å². The Morgan fingerprint density at radius 2 is 1.77 bits per heavy atom. The molecular weight excluding hydrogens is 417 g/mol. The number of sulfonamides is 1. The first kappa shape index (κ1) is 19.5. The average molecular weight is 433 g/mol. The minimum Gasteiger partial charge on any atom is -0.326 e. The number of hydrogen-bond donors (Lipinski definition) is 1. The first-order valence-electron chi connectivity index (χ1n) is 7.86. The second-order valence-corrected chi connectivity index (χ2v) is 8.76. The lowest BCUT2D eigenvalue weighted by molar-refractivity contribution is 0.549. The Morgan fingerprint density at radius 3 is 2.38 bits per heavy atom. The van der Waals surface area contributed by atoms with E-state index in [2.05, 4.69) is 9.71 Å². The van der Waals surface area contributed by atoms with Crippen LogP contribution in [0.3, 0.4) is 0 Å². The van der Waals surface area contributed by atoms with Crippen molar-refractivity contribution in [2.24, 2.45) is 0 Å². The molecule has 3 aromatic rings. The van der Waals surface area contributed by atoms with Gasteiger partial charge in [-0.2, -0.15) is 0 Å². The number of aryl methyl sites for hydroxylation is 1. The molecule has 138 valence electrons. The Balaban J connectivity index is 2.01. The minimum absolute atomic E-state index is 0.133. The van der Waals surface area contributed by atoms with E-state index in [0.29, 0.717) is 33.0 Å². The van der Waals surface area contributed by atoms with E-state index < -0.39 is 16.1 Å². The van der Waals surface area contributed by atoms with Crippen LogP contribution in [0.5, 0.6) is 0 Å². The quantitative estimate of drug-likeness (QED) is 0.613. The van der Waals surface area contributed by atoms with Gasteiger partial charge in [-0.15, -0.1) is 0 Å². The second kappa shape index (κ2) is 7.37. The van der Waals surface area contributed by atoms with Crippen LogP contribution >= 0.6 is 34.8 Å². The molecule has 0 aliphatic heterocycles. The van der Waals surface area contributed by atoms with Crippen LogP contribution in [-0.4, -0.2) is 18.0 Å². The monoisotopic (exact) mass is 431 g/mol. The van der Waals surface area contributed by atoms with Crippen LogP contribution in [0.15, 0.2) is 41.3 Å². The van der Waals surface area contributed by atoms with Crippen LogP contribution in [0.2, 0.25) is 15.1 Å². The number of rotatable bonds is 5. The van der Waals surface area contributed by atoms with E-state index in [0.717, 1.165) is 5.52 Å². The molecule has 0 aliphatic rings. The van der Waals surface area contributed by atoms with E-state index in [9.17, 15) is 8.42 Å². The molecule has 1 N–H and O–H groups in total. The van der Waals surface area contributed by atoms with Crippen LogP contribution in [0.1, 0.15) is 25.7 Å². The zero-order valence-electron chi connectivity index (χ0n) is 14.0. The van der Waals surface area contributed by atoms with Gasteiger partial charge in [0.25, 0.3) is 0 Å². The van der Waals surface area contributed by atoms with E-state index in [4.69, 9.17) is 34.8 Å². The molecule has 1 heterocycles. The molecule has 1 aromatic heterocycles. The number of nitrogens with zero attached hydrogens (tertiary/aromatic N) is 2. The highest BCUT2D eigenvalue weighted by Crippen LogP contribution is 2.31. The van der Waals surface area contributed by atoms with Crippen LogP contribution in [0, 0.1) is 0 Å². The van der Waals surface area contributed by atoms with Crippen molar-refractivity contribution in [1.82, 2.24) is 14.3 Å². The van der Waals surface area contributed by atoms with Crippen LogP contribution in [0.25, 0.3) is 11.0 Å². The van der Waals surface area contributed by atoms with Crippen LogP contribution in [0.4, 0.5) is 0 Å². The summed E-state index contributed by atoms with van der Waals surface area (Å²) in [4.78, 5) is 4.68. The molecule has 0 radical (unpaired) electrons. The molecule has 1 atom stereocenters. The summed E-state index contributed by atoms with van der Waals surface area (Å²) >= 11 is 18.2. The minimum atomic E-state index is -3.73. The third kappa shape index (κ3) is 3.70. The van der Waals surface area contributed by atoms with Gasteiger partial charge in [0.2, 0.25) is 10.0 Å². The zero-order valence-corrected chi connectivity index (χ0v) is 17.1. The van der Waals surface area contributed by atoms with Crippen molar-refractivity contribution in [2.75, 3.05) is 0 Å². The van der Waals surface area contributed by atoms with Gasteiger partial charge in [-0.3, -0.25) is 0 Å². The first-order valence-corrected chi connectivity index (χ1v) is 10.5. The first-order chi connectivity index (χ1) is 12.2. The maximum Gasteiger partial charge on any atom is 0.241 e. The molecule has 0 unspecified atom stereocenters.